The van der Waals surface area contributed by atoms with E-state index in [9.17, 15) is 4.79 Å². The molecule has 2 aromatic heterocycles. The molecule has 7 heteroatoms. The molecule has 3 rings (SSSR count). The summed E-state index contributed by atoms with van der Waals surface area (Å²) < 4.78 is 7.56. The fraction of sp³-hybridized carbons (Fsp3) is 0.292. The van der Waals surface area contributed by atoms with Crippen molar-refractivity contribution < 1.29 is 9.53 Å². The predicted molar refractivity (Wildman–Crippen MR) is 123 cm³/mol. The first-order valence-corrected chi connectivity index (χ1v) is 10.6. The number of aryl methyl sites for hydroxylation is 1. The number of benzene rings is 1. The van der Waals surface area contributed by atoms with Gasteiger partial charge in [-0.2, -0.15) is 5.10 Å². The second kappa shape index (κ2) is 10.8. The largest absolute Gasteiger partial charge is 0.487 e. The first-order chi connectivity index (χ1) is 14.9. The van der Waals surface area contributed by atoms with Crippen LogP contribution in [0.5, 0.6) is 5.75 Å². The summed E-state index contributed by atoms with van der Waals surface area (Å²) in [5.74, 6) is 0.959. The molecule has 1 N–H and O–H groups in total. The van der Waals surface area contributed by atoms with Crippen molar-refractivity contribution >= 4 is 23.6 Å². The van der Waals surface area contributed by atoms with Gasteiger partial charge in [0.05, 0.1) is 11.4 Å². The van der Waals surface area contributed by atoms with Crippen LogP contribution in [0.1, 0.15) is 36.4 Å². The Morgan fingerprint density at radius 2 is 2.10 bits per heavy atom. The maximum atomic E-state index is 12.3. The van der Waals surface area contributed by atoms with Crippen molar-refractivity contribution in [3.63, 3.8) is 0 Å². The van der Waals surface area contributed by atoms with Gasteiger partial charge in [0.15, 0.2) is 0 Å². The number of hydrogen-bond acceptors (Lipinski definition) is 4. The third-order valence-electron chi connectivity index (χ3n) is 4.53. The van der Waals surface area contributed by atoms with Gasteiger partial charge >= 0.3 is 0 Å². The van der Waals surface area contributed by atoms with Crippen LogP contribution >= 0.6 is 11.6 Å². The molecule has 0 unspecified atom stereocenters. The number of hydrogen-bond donors (Lipinski definition) is 1. The molecule has 0 radical (unpaired) electrons. The molecule has 0 spiro atoms. The van der Waals surface area contributed by atoms with Crippen molar-refractivity contribution in [1.29, 1.82) is 0 Å². The summed E-state index contributed by atoms with van der Waals surface area (Å²) >= 11 is 6.42. The molecule has 2 heterocycles. The Balaban J connectivity index is 1.54. The van der Waals surface area contributed by atoms with E-state index in [1.807, 2.05) is 49.4 Å². The fourth-order valence-corrected chi connectivity index (χ4v) is 3.32. The van der Waals surface area contributed by atoms with Gasteiger partial charge in [-0.1, -0.05) is 43.6 Å². The molecule has 0 aliphatic heterocycles. The Labute approximate surface area is 187 Å². The van der Waals surface area contributed by atoms with E-state index in [0.29, 0.717) is 24.2 Å². The summed E-state index contributed by atoms with van der Waals surface area (Å²) in [6.07, 6.45) is 4.93. The van der Waals surface area contributed by atoms with E-state index in [1.165, 1.54) is 6.08 Å². The van der Waals surface area contributed by atoms with E-state index < -0.39 is 0 Å². The molecule has 6 nitrogen and oxygen atoms in total. The lowest BCUT2D eigenvalue weighted by Gasteiger charge is -2.08. The second-order valence-electron chi connectivity index (χ2n) is 7.67. The highest BCUT2D eigenvalue weighted by molar-refractivity contribution is 6.31. The Bertz CT molecular complexity index is 1040. The minimum Gasteiger partial charge on any atom is -0.487 e. The molecule has 162 valence electrons. The number of amides is 1. The molecule has 1 aromatic carbocycles. The molecule has 0 fully saturated rings. The zero-order chi connectivity index (χ0) is 22.2. The highest BCUT2D eigenvalue weighted by atomic mass is 35.5. The van der Waals surface area contributed by atoms with Crippen LogP contribution in [0.15, 0.2) is 54.7 Å². The average molecular weight is 439 g/mol. The van der Waals surface area contributed by atoms with Crippen LogP contribution in [0.2, 0.25) is 5.15 Å². The average Bonchev–Trinajstić information content (AvgIpc) is 3.02. The van der Waals surface area contributed by atoms with Crippen molar-refractivity contribution in [1.82, 2.24) is 20.1 Å². The number of nitrogens with one attached hydrogen (secondary N) is 1. The quantitative estimate of drug-likeness (QED) is 0.487. The molecule has 0 aliphatic carbocycles. The predicted octanol–water partition coefficient (Wildman–Crippen LogP) is 4.80. The highest BCUT2D eigenvalue weighted by Gasteiger charge is 2.12. The Kier molecular flexibility index (Phi) is 7.84. The third kappa shape index (κ3) is 6.69. The lowest BCUT2D eigenvalue weighted by molar-refractivity contribution is -0.116. The minimum atomic E-state index is -0.202. The number of ether oxygens (including phenoxy) is 1. The van der Waals surface area contributed by atoms with Crippen LogP contribution < -0.4 is 10.1 Å². The maximum absolute atomic E-state index is 12.3. The number of pyridine rings is 1. The van der Waals surface area contributed by atoms with Crippen LogP contribution in [-0.4, -0.2) is 20.7 Å². The molecular formula is C24H27ClN4O2. The summed E-state index contributed by atoms with van der Waals surface area (Å²) in [6.45, 7) is 7.62. The van der Waals surface area contributed by atoms with Crippen molar-refractivity contribution in [3.05, 3.63) is 82.4 Å². The lowest BCUT2D eigenvalue weighted by atomic mass is 10.2. The van der Waals surface area contributed by atoms with Crippen LogP contribution in [0.4, 0.5) is 0 Å². The van der Waals surface area contributed by atoms with Gasteiger partial charge in [-0.05, 0) is 48.7 Å². The molecule has 0 aliphatic rings. The van der Waals surface area contributed by atoms with Gasteiger partial charge in [0.2, 0.25) is 5.91 Å². The number of aromatic nitrogens is 3. The number of rotatable bonds is 9. The van der Waals surface area contributed by atoms with Gasteiger partial charge in [-0.25, -0.2) is 0 Å². The Morgan fingerprint density at radius 3 is 2.84 bits per heavy atom. The minimum absolute atomic E-state index is 0.202. The smallest absolute Gasteiger partial charge is 0.244 e. The summed E-state index contributed by atoms with van der Waals surface area (Å²) in [7, 11) is 0. The van der Waals surface area contributed by atoms with E-state index in [4.69, 9.17) is 16.3 Å². The topological polar surface area (TPSA) is 69.0 Å². The number of carbonyl (C=O) groups excluding carboxylic acids is 1. The van der Waals surface area contributed by atoms with Crippen molar-refractivity contribution in [3.8, 4) is 5.75 Å². The Hall–Kier alpha value is -3.12. The SMILES string of the molecule is Cc1nn(CC(C)C)c(Cl)c1/C=C/C(=O)NCc1cccc(OCc2ccccn2)c1. The molecule has 3 aromatic rings. The van der Waals surface area contributed by atoms with Gasteiger partial charge < -0.3 is 10.1 Å². The number of nitrogens with zero attached hydrogens (tertiary/aromatic N) is 3. The monoisotopic (exact) mass is 438 g/mol. The van der Waals surface area contributed by atoms with Crippen LogP contribution in [0.25, 0.3) is 6.08 Å². The molecule has 0 bridgehead atoms. The first kappa shape index (κ1) is 22.6. The van der Waals surface area contributed by atoms with E-state index in [-0.39, 0.29) is 5.91 Å². The van der Waals surface area contributed by atoms with E-state index >= 15 is 0 Å². The zero-order valence-electron chi connectivity index (χ0n) is 18.0. The Morgan fingerprint density at radius 1 is 1.26 bits per heavy atom. The van der Waals surface area contributed by atoms with E-state index in [0.717, 1.165) is 34.8 Å². The van der Waals surface area contributed by atoms with Crippen LogP contribution in [0.3, 0.4) is 0 Å². The van der Waals surface area contributed by atoms with Gasteiger partial charge in [0.25, 0.3) is 0 Å². The highest BCUT2D eigenvalue weighted by Crippen LogP contribution is 2.22. The van der Waals surface area contributed by atoms with Crippen molar-refractivity contribution in [2.75, 3.05) is 0 Å². The summed E-state index contributed by atoms with van der Waals surface area (Å²) in [5, 5.41) is 7.89. The summed E-state index contributed by atoms with van der Waals surface area (Å²) in [5.41, 5.74) is 3.37. The fourth-order valence-electron chi connectivity index (χ4n) is 3.02. The van der Waals surface area contributed by atoms with Crippen molar-refractivity contribution in [2.24, 2.45) is 5.92 Å². The molecule has 31 heavy (non-hydrogen) atoms. The number of carbonyl (C=O) groups is 1. The normalized spacial score (nSPS) is 11.3. The molecule has 0 saturated heterocycles. The van der Waals surface area contributed by atoms with E-state index in [2.05, 4.69) is 29.2 Å². The molecular weight excluding hydrogens is 412 g/mol. The van der Waals surface area contributed by atoms with Crippen LogP contribution in [0, 0.1) is 12.8 Å². The van der Waals surface area contributed by atoms with Gasteiger partial charge in [-0.15, -0.1) is 0 Å². The van der Waals surface area contributed by atoms with E-state index in [1.54, 1.807) is 17.0 Å². The van der Waals surface area contributed by atoms with Gasteiger partial charge in [-0.3, -0.25) is 14.5 Å². The number of halogens is 1. The van der Waals surface area contributed by atoms with Gasteiger partial charge in [0, 0.05) is 30.9 Å². The van der Waals surface area contributed by atoms with Gasteiger partial charge in [0.1, 0.15) is 17.5 Å². The molecule has 0 atom stereocenters. The maximum Gasteiger partial charge on any atom is 0.244 e. The van der Waals surface area contributed by atoms with Crippen LogP contribution in [-0.2, 0) is 24.5 Å². The third-order valence-corrected chi connectivity index (χ3v) is 4.93. The summed E-state index contributed by atoms with van der Waals surface area (Å²) in [4.78, 5) is 16.5. The standard InChI is InChI=1S/C24H27ClN4O2/c1-17(2)15-29-24(25)22(18(3)28-29)10-11-23(30)27-14-19-7-6-9-21(13-19)31-16-20-8-4-5-12-26-20/h4-13,17H,14-16H2,1-3H3,(H,27,30)/b11-10+. The van der Waals surface area contributed by atoms with Crippen molar-refractivity contribution in [2.45, 2.75) is 40.5 Å². The molecule has 0 saturated carbocycles. The summed E-state index contributed by atoms with van der Waals surface area (Å²) in [6, 6.07) is 13.3. The zero-order valence-corrected chi connectivity index (χ0v) is 18.8. The second-order valence-corrected chi connectivity index (χ2v) is 8.03. The lowest BCUT2D eigenvalue weighted by Crippen LogP contribution is -2.20. The first-order valence-electron chi connectivity index (χ1n) is 10.2. The molecule has 1 amide bonds.